The van der Waals surface area contributed by atoms with Crippen molar-refractivity contribution in [3.05, 3.63) is 28.3 Å². The number of hydrogen-bond acceptors (Lipinski definition) is 7. The molecule has 4 heterocycles. The highest BCUT2D eigenvalue weighted by atomic mass is 16.2. The summed E-state index contributed by atoms with van der Waals surface area (Å²) in [5, 5.41) is 11.2. The Bertz CT molecular complexity index is 1170. The van der Waals surface area contributed by atoms with E-state index in [9.17, 15) is 19.2 Å². The minimum atomic E-state index is -0.561. The van der Waals surface area contributed by atoms with E-state index in [2.05, 4.69) is 25.5 Å². The molecule has 12 nitrogen and oxygen atoms in total. The average Bonchev–Trinajstić information content (AvgIpc) is 3.29. The molecule has 1 saturated heterocycles. The number of aryl methyl sites for hydroxylation is 2. The van der Waals surface area contributed by atoms with Gasteiger partial charge in [-0.3, -0.25) is 33.7 Å². The maximum absolute atomic E-state index is 12.3. The number of likely N-dealkylation sites (tertiary alicyclic amines) is 1. The van der Waals surface area contributed by atoms with Crippen molar-refractivity contribution in [1.82, 2.24) is 34.4 Å². The van der Waals surface area contributed by atoms with E-state index in [0.29, 0.717) is 16.7 Å². The van der Waals surface area contributed by atoms with E-state index >= 15 is 0 Å². The summed E-state index contributed by atoms with van der Waals surface area (Å²) < 4.78 is 2.72. The van der Waals surface area contributed by atoms with E-state index in [1.54, 1.807) is 20.0 Å². The van der Waals surface area contributed by atoms with Crippen LogP contribution in [0.15, 0.2) is 17.1 Å². The molecule has 0 saturated carbocycles. The number of H-pyrrole nitrogens is 1. The van der Waals surface area contributed by atoms with Gasteiger partial charge in [-0.05, 0) is 6.92 Å². The predicted octanol–water partition coefficient (Wildman–Crippen LogP) is -0.762. The van der Waals surface area contributed by atoms with E-state index in [0.717, 1.165) is 4.90 Å². The van der Waals surface area contributed by atoms with E-state index in [1.807, 2.05) is 0 Å². The number of imide groups is 1. The Kier molecular flexibility index (Phi) is 4.02. The molecule has 1 aliphatic heterocycles. The zero-order chi connectivity index (χ0) is 20.0. The summed E-state index contributed by atoms with van der Waals surface area (Å²) in [6, 6.07) is 1.58. The van der Waals surface area contributed by atoms with Crippen molar-refractivity contribution in [3.63, 3.8) is 0 Å². The number of nitrogens with zero attached hydrogens (tertiary/aromatic N) is 6. The van der Waals surface area contributed by atoms with Gasteiger partial charge in [0.15, 0.2) is 5.65 Å². The number of amides is 3. The van der Waals surface area contributed by atoms with E-state index in [-0.39, 0.29) is 43.0 Å². The molecular weight excluding hydrogens is 368 g/mol. The fourth-order valence-electron chi connectivity index (χ4n) is 3.00. The molecule has 0 radical (unpaired) electrons. The Morgan fingerprint density at radius 3 is 2.68 bits per heavy atom. The molecule has 0 bridgehead atoms. The minimum Gasteiger partial charge on any atom is -0.309 e. The van der Waals surface area contributed by atoms with Gasteiger partial charge in [0.1, 0.15) is 17.7 Å². The van der Waals surface area contributed by atoms with Gasteiger partial charge in [-0.2, -0.15) is 19.9 Å². The van der Waals surface area contributed by atoms with Gasteiger partial charge in [0, 0.05) is 26.0 Å². The number of carbonyl (C=O) groups is 3. The van der Waals surface area contributed by atoms with Gasteiger partial charge in [-0.1, -0.05) is 0 Å². The normalized spacial score (nSPS) is 14.3. The second-order valence-corrected chi connectivity index (χ2v) is 6.40. The number of aromatic amines is 1. The fourth-order valence-corrected chi connectivity index (χ4v) is 3.00. The van der Waals surface area contributed by atoms with Crippen LogP contribution in [0.5, 0.6) is 0 Å². The first-order valence-corrected chi connectivity index (χ1v) is 8.45. The summed E-state index contributed by atoms with van der Waals surface area (Å²) >= 11 is 0. The van der Waals surface area contributed by atoms with Crippen LogP contribution < -0.4 is 10.9 Å². The standard InChI is InChI=1S/C16H16N8O4/c1-8-5-10(18-11(25)7-23-12(26)3-4-13(23)27)24(21-8)16-19-14-9(15(28)20-16)6-17-22(14)2/h5-6H,3-4,7H2,1-2H3,(H,18,25)(H,19,20,28). The molecule has 144 valence electrons. The lowest BCUT2D eigenvalue weighted by Gasteiger charge is -2.13. The number of carbonyl (C=O) groups excluding carboxylic acids is 3. The number of hydrogen-bond donors (Lipinski definition) is 2. The summed E-state index contributed by atoms with van der Waals surface area (Å²) in [4.78, 5) is 55.9. The number of fused-ring (bicyclic) bond motifs is 1. The zero-order valence-electron chi connectivity index (χ0n) is 15.1. The van der Waals surface area contributed by atoms with Gasteiger partial charge >= 0.3 is 0 Å². The SMILES string of the molecule is Cc1cc(NC(=O)CN2C(=O)CCC2=O)n(-c2nc3c(cnn3C)c(=O)[nH]2)n1. The quantitative estimate of drug-likeness (QED) is 0.562. The summed E-state index contributed by atoms with van der Waals surface area (Å²) in [5.41, 5.74) is 0.528. The van der Waals surface area contributed by atoms with Crippen LogP contribution >= 0.6 is 0 Å². The highest BCUT2D eigenvalue weighted by Gasteiger charge is 2.30. The van der Waals surface area contributed by atoms with Crippen LogP contribution in [0, 0.1) is 6.92 Å². The lowest BCUT2D eigenvalue weighted by atomic mass is 10.4. The van der Waals surface area contributed by atoms with E-state index in [1.165, 1.54) is 15.6 Å². The molecule has 3 aromatic heterocycles. The van der Waals surface area contributed by atoms with Crippen molar-refractivity contribution in [2.75, 3.05) is 11.9 Å². The van der Waals surface area contributed by atoms with Crippen molar-refractivity contribution in [3.8, 4) is 5.95 Å². The van der Waals surface area contributed by atoms with Gasteiger partial charge in [-0.15, -0.1) is 0 Å². The van der Waals surface area contributed by atoms with Crippen molar-refractivity contribution < 1.29 is 14.4 Å². The smallest absolute Gasteiger partial charge is 0.263 e. The second kappa shape index (κ2) is 6.40. The van der Waals surface area contributed by atoms with Crippen LogP contribution in [-0.4, -0.2) is 58.7 Å². The third-order valence-corrected chi connectivity index (χ3v) is 4.35. The predicted molar refractivity (Wildman–Crippen MR) is 95.6 cm³/mol. The summed E-state index contributed by atoms with van der Waals surface area (Å²) in [6.45, 7) is 1.33. The number of anilines is 1. The highest BCUT2D eigenvalue weighted by molar-refractivity contribution is 6.06. The van der Waals surface area contributed by atoms with Crippen molar-refractivity contribution >= 4 is 34.6 Å². The molecule has 12 heteroatoms. The first-order chi connectivity index (χ1) is 13.3. The summed E-state index contributed by atoms with van der Waals surface area (Å²) in [5.74, 6) is -0.979. The molecule has 2 N–H and O–H groups in total. The Balaban J connectivity index is 1.65. The highest BCUT2D eigenvalue weighted by Crippen LogP contribution is 2.16. The molecular formula is C16H16N8O4. The van der Waals surface area contributed by atoms with Crippen LogP contribution in [0.1, 0.15) is 18.5 Å². The maximum atomic E-state index is 12.3. The molecule has 3 aromatic rings. The number of aromatic nitrogens is 6. The van der Waals surface area contributed by atoms with Gasteiger partial charge < -0.3 is 5.32 Å². The van der Waals surface area contributed by atoms with Crippen molar-refractivity contribution in [2.24, 2.45) is 7.05 Å². The molecule has 4 rings (SSSR count). The third kappa shape index (κ3) is 2.94. The topological polar surface area (TPSA) is 148 Å². The van der Waals surface area contributed by atoms with Crippen LogP contribution in [-0.2, 0) is 21.4 Å². The molecule has 0 atom stereocenters. The fraction of sp³-hybridized carbons (Fsp3) is 0.312. The van der Waals surface area contributed by atoms with Crippen LogP contribution in [0.3, 0.4) is 0 Å². The van der Waals surface area contributed by atoms with Crippen molar-refractivity contribution in [2.45, 2.75) is 19.8 Å². The molecule has 1 fully saturated rings. The average molecular weight is 384 g/mol. The summed E-state index contributed by atoms with van der Waals surface area (Å²) in [6.07, 6.45) is 1.63. The van der Waals surface area contributed by atoms with Gasteiger partial charge in [0.05, 0.1) is 11.9 Å². The molecule has 0 unspecified atom stereocenters. The van der Waals surface area contributed by atoms with E-state index < -0.39 is 11.5 Å². The second-order valence-electron chi connectivity index (χ2n) is 6.40. The minimum absolute atomic E-state index is 0.0952. The first kappa shape index (κ1) is 17.6. The van der Waals surface area contributed by atoms with Crippen molar-refractivity contribution in [1.29, 1.82) is 0 Å². The Labute approximate surface area is 157 Å². The third-order valence-electron chi connectivity index (χ3n) is 4.35. The zero-order valence-corrected chi connectivity index (χ0v) is 15.1. The summed E-state index contributed by atoms with van der Waals surface area (Å²) in [7, 11) is 1.65. The Hall–Kier alpha value is -3.83. The molecule has 0 aromatic carbocycles. The molecule has 0 aliphatic carbocycles. The van der Waals surface area contributed by atoms with Gasteiger partial charge in [0.2, 0.25) is 23.7 Å². The van der Waals surface area contributed by atoms with Crippen LogP contribution in [0.25, 0.3) is 17.0 Å². The first-order valence-electron chi connectivity index (χ1n) is 8.45. The Morgan fingerprint density at radius 2 is 1.96 bits per heavy atom. The molecule has 0 spiro atoms. The largest absolute Gasteiger partial charge is 0.309 e. The van der Waals surface area contributed by atoms with Gasteiger partial charge in [-0.25, -0.2) is 0 Å². The lowest BCUT2D eigenvalue weighted by molar-refractivity contribution is -0.141. The number of nitrogens with one attached hydrogen (secondary N) is 2. The number of rotatable bonds is 4. The Morgan fingerprint density at radius 1 is 1.25 bits per heavy atom. The maximum Gasteiger partial charge on any atom is 0.263 e. The van der Waals surface area contributed by atoms with Crippen LogP contribution in [0.4, 0.5) is 5.82 Å². The molecule has 1 aliphatic rings. The van der Waals surface area contributed by atoms with Gasteiger partial charge in [0.25, 0.3) is 5.56 Å². The monoisotopic (exact) mass is 384 g/mol. The molecule has 3 amide bonds. The van der Waals surface area contributed by atoms with Crippen LogP contribution in [0.2, 0.25) is 0 Å². The van der Waals surface area contributed by atoms with E-state index in [4.69, 9.17) is 0 Å². The molecule has 28 heavy (non-hydrogen) atoms. The lowest BCUT2D eigenvalue weighted by Crippen LogP contribution is -2.37.